The molecule has 0 aromatic carbocycles. The van der Waals surface area contributed by atoms with Gasteiger partial charge >= 0.3 is 6.09 Å². The first-order chi connectivity index (χ1) is 9.80. The molecule has 1 saturated carbocycles. The van der Waals surface area contributed by atoms with E-state index >= 15 is 0 Å². The molecule has 1 aliphatic carbocycles. The highest BCUT2D eigenvalue weighted by Gasteiger charge is 2.24. The SMILES string of the molecule is CNC(=O)CCNC1CCC(NC(=O)OC(C)(C)C)CC1. The van der Waals surface area contributed by atoms with Gasteiger partial charge in [-0.2, -0.15) is 0 Å². The van der Waals surface area contributed by atoms with Crippen LogP contribution >= 0.6 is 0 Å². The second kappa shape index (κ2) is 8.22. The van der Waals surface area contributed by atoms with Crippen molar-refractivity contribution in [3.63, 3.8) is 0 Å². The molecule has 0 heterocycles. The molecule has 0 saturated heterocycles. The molecule has 0 radical (unpaired) electrons. The Morgan fingerprint density at radius 1 is 1.10 bits per heavy atom. The van der Waals surface area contributed by atoms with Crippen LogP contribution in [-0.2, 0) is 9.53 Å². The van der Waals surface area contributed by atoms with Crippen LogP contribution in [0.2, 0.25) is 0 Å². The van der Waals surface area contributed by atoms with Gasteiger partial charge in [-0.15, -0.1) is 0 Å². The normalized spacial score (nSPS) is 22.5. The van der Waals surface area contributed by atoms with Gasteiger partial charge in [0.2, 0.25) is 5.91 Å². The summed E-state index contributed by atoms with van der Waals surface area (Å²) in [5.74, 6) is 0.0581. The maximum Gasteiger partial charge on any atom is 0.407 e. The topological polar surface area (TPSA) is 79.5 Å². The molecule has 122 valence electrons. The molecule has 21 heavy (non-hydrogen) atoms. The monoisotopic (exact) mass is 299 g/mol. The summed E-state index contributed by atoms with van der Waals surface area (Å²) < 4.78 is 5.26. The smallest absolute Gasteiger partial charge is 0.407 e. The Labute approximate surface area is 127 Å². The van der Waals surface area contributed by atoms with Crippen molar-refractivity contribution in [2.45, 2.75) is 70.6 Å². The lowest BCUT2D eigenvalue weighted by molar-refractivity contribution is -0.120. The number of hydrogen-bond donors (Lipinski definition) is 3. The molecular formula is C15H29N3O3. The molecule has 0 bridgehead atoms. The van der Waals surface area contributed by atoms with Crippen molar-refractivity contribution in [3.8, 4) is 0 Å². The van der Waals surface area contributed by atoms with Crippen LogP contribution in [0.25, 0.3) is 0 Å². The van der Waals surface area contributed by atoms with E-state index in [0.29, 0.717) is 19.0 Å². The molecule has 0 spiro atoms. The summed E-state index contributed by atoms with van der Waals surface area (Å²) >= 11 is 0. The highest BCUT2D eigenvalue weighted by Crippen LogP contribution is 2.19. The van der Waals surface area contributed by atoms with Gasteiger partial charge in [0.25, 0.3) is 0 Å². The van der Waals surface area contributed by atoms with E-state index in [-0.39, 0.29) is 18.0 Å². The minimum atomic E-state index is -0.456. The van der Waals surface area contributed by atoms with E-state index < -0.39 is 5.60 Å². The van der Waals surface area contributed by atoms with Crippen molar-refractivity contribution in [1.29, 1.82) is 0 Å². The third-order valence-electron chi connectivity index (χ3n) is 3.51. The predicted octanol–water partition coefficient (Wildman–Crippen LogP) is 1.55. The second-order valence-electron chi connectivity index (χ2n) is 6.57. The summed E-state index contributed by atoms with van der Waals surface area (Å²) in [6, 6.07) is 0.628. The number of carbonyl (C=O) groups is 2. The van der Waals surface area contributed by atoms with Crippen molar-refractivity contribution >= 4 is 12.0 Å². The molecular weight excluding hydrogens is 270 g/mol. The summed E-state index contributed by atoms with van der Waals surface area (Å²) in [5, 5.41) is 8.93. The molecule has 0 aromatic rings. The van der Waals surface area contributed by atoms with Crippen molar-refractivity contribution in [3.05, 3.63) is 0 Å². The zero-order valence-corrected chi connectivity index (χ0v) is 13.6. The number of nitrogens with one attached hydrogen (secondary N) is 3. The lowest BCUT2D eigenvalue weighted by Gasteiger charge is -2.30. The van der Waals surface area contributed by atoms with Gasteiger partial charge in [0, 0.05) is 32.1 Å². The average molecular weight is 299 g/mol. The Hall–Kier alpha value is -1.30. The van der Waals surface area contributed by atoms with Crippen LogP contribution in [0.1, 0.15) is 52.9 Å². The van der Waals surface area contributed by atoms with Crippen LogP contribution in [0.3, 0.4) is 0 Å². The van der Waals surface area contributed by atoms with Crippen LogP contribution in [0.4, 0.5) is 4.79 Å². The Balaban J connectivity index is 2.17. The third-order valence-corrected chi connectivity index (χ3v) is 3.51. The second-order valence-corrected chi connectivity index (χ2v) is 6.57. The molecule has 6 heteroatoms. The van der Waals surface area contributed by atoms with Crippen LogP contribution in [0.15, 0.2) is 0 Å². The number of ether oxygens (including phenoxy) is 1. The molecule has 0 unspecified atom stereocenters. The summed E-state index contributed by atoms with van der Waals surface area (Å²) in [4.78, 5) is 22.8. The van der Waals surface area contributed by atoms with E-state index in [1.807, 2.05) is 20.8 Å². The molecule has 1 rings (SSSR count). The van der Waals surface area contributed by atoms with Gasteiger partial charge in [0.05, 0.1) is 0 Å². The zero-order valence-electron chi connectivity index (χ0n) is 13.6. The highest BCUT2D eigenvalue weighted by molar-refractivity contribution is 5.75. The first-order valence-electron chi connectivity index (χ1n) is 7.73. The van der Waals surface area contributed by atoms with E-state index in [2.05, 4.69) is 16.0 Å². The summed E-state index contributed by atoms with van der Waals surface area (Å²) in [7, 11) is 1.65. The Morgan fingerprint density at radius 2 is 1.67 bits per heavy atom. The Morgan fingerprint density at radius 3 is 2.19 bits per heavy atom. The third kappa shape index (κ3) is 7.90. The molecule has 0 aromatic heterocycles. The summed E-state index contributed by atoms with van der Waals surface area (Å²) in [6.45, 7) is 6.29. The fourth-order valence-corrected chi connectivity index (χ4v) is 2.43. The predicted molar refractivity (Wildman–Crippen MR) is 82.1 cm³/mol. The average Bonchev–Trinajstić information content (AvgIpc) is 2.38. The maximum atomic E-state index is 11.7. The molecule has 1 fully saturated rings. The van der Waals surface area contributed by atoms with E-state index in [1.165, 1.54) is 0 Å². The fourth-order valence-electron chi connectivity index (χ4n) is 2.43. The first kappa shape index (κ1) is 17.8. The van der Waals surface area contributed by atoms with E-state index in [1.54, 1.807) is 7.05 Å². The van der Waals surface area contributed by atoms with Crippen LogP contribution in [0, 0.1) is 0 Å². The molecule has 1 aliphatic rings. The molecule has 3 N–H and O–H groups in total. The first-order valence-corrected chi connectivity index (χ1v) is 7.73. The minimum Gasteiger partial charge on any atom is -0.444 e. The molecule has 0 aliphatic heterocycles. The number of amides is 2. The summed E-state index contributed by atoms with van der Waals surface area (Å²) in [6.07, 6.45) is 4.07. The van der Waals surface area contributed by atoms with Crippen LogP contribution in [0.5, 0.6) is 0 Å². The van der Waals surface area contributed by atoms with Gasteiger partial charge in [-0.25, -0.2) is 4.79 Å². The number of rotatable bonds is 5. The van der Waals surface area contributed by atoms with Crippen LogP contribution in [-0.4, -0.2) is 43.3 Å². The lowest BCUT2D eigenvalue weighted by atomic mass is 9.91. The zero-order chi connectivity index (χ0) is 15.9. The van der Waals surface area contributed by atoms with Gasteiger partial charge < -0.3 is 20.7 Å². The molecule has 2 amide bonds. The van der Waals surface area contributed by atoms with Crippen LogP contribution < -0.4 is 16.0 Å². The van der Waals surface area contributed by atoms with Gasteiger partial charge in [-0.3, -0.25) is 4.79 Å². The van der Waals surface area contributed by atoms with E-state index in [4.69, 9.17) is 4.74 Å². The quantitative estimate of drug-likeness (QED) is 0.719. The van der Waals surface area contributed by atoms with Gasteiger partial charge in [0.15, 0.2) is 0 Å². The fraction of sp³-hybridized carbons (Fsp3) is 0.867. The number of hydrogen-bond acceptors (Lipinski definition) is 4. The molecule has 0 atom stereocenters. The van der Waals surface area contributed by atoms with Gasteiger partial charge in [-0.05, 0) is 46.5 Å². The van der Waals surface area contributed by atoms with E-state index in [9.17, 15) is 9.59 Å². The highest BCUT2D eigenvalue weighted by atomic mass is 16.6. The number of alkyl carbamates (subject to hydrolysis) is 1. The number of carbonyl (C=O) groups excluding carboxylic acids is 2. The molecule has 6 nitrogen and oxygen atoms in total. The standard InChI is InChI=1S/C15H29N3O3/c1-15(2,3)21-14(20)18-12-7-5-11(6-8-12)17-10-9-13(19)16-4/h11-12,17H,5-10H2,1-4H3,(H,16,19)(H,18,20). The van der Waals surface area contributed by atoms with Crippen molar-refractivity contribution < 1.29 is 14.3 Å². The van der Waals surface area contributed by atoms with E-state index in [0.717, 1.165) is 25.7 Å². The summed E-state index contributed by atoms with van der Waals surface area (Å²) in [5.41, 5.74) is -0.456. The van der Waals surface area contributed by atoms with Crippen molar-refractivity contribution in [2.24, 2.45) is 0 Å². The maximum absolute atomic E-state index is 11.7. The lowest BCUT2D eigenvalue weighted by Crippen LogP contribution is -2.44. The minimum absolute atomic E-state index is 0.0581. The van der Waals surface area contributed by atoms with Crippen molar-refractivity contribution in [1.82, 2.24) is 16.0 Å². The van der Waals surface area contributed by atoms with Gasteiger partial charge in [-0.1, -0.05) is 0 Å². The van der Waals surface area contributed by atoms with Gasteiger partial charge in [0.1, 0.15) is 5.60 Å². The van der Waals surface area contributed by atoms with Crippen molar-refractivity contribution in [2.75, 3.05) is 13.6 Å². The largest absolute Gasteiger partial charge is 0.444 e. The Kier molecular flexibility index (Phi) is 6.95. The Bertz CT molecular complexity index is 345.